The van der Waals surface area contributed by atoms with Crippen molar-refractivity contribution >= 4 is 32.6 Å². The van der Waals surface area contributed by atoms with Crippen LogP contribution in [0.2, 0.25) is 0 Å². The summed E-state index contributed by atoms with van der Waals surface area (Å²) in [7, 11) is 1.87. The number of H-pyrrole nitrogens is 1. The van der Waals surface area contributed by atoms with Crippen LogP contribution >= 0.6 is 11.3 Å². The molecule has 0 bridgehead atoms. The van der Waals surface area contributed by atoms with Gasteiger partial charge >= 0.3 is 0 Å². The van der Waals surface area contributed by atoms with E-state index in [0.717, 1.165) is 53.7 Å². The topological polar surface area (TPSA) is 65.1 Å². The fourth-order valence-corrected chi connectivity index (χ4v) is 5.15. The van der Waals surface area contributed by atoms with Gasteiger partial charge in [0, 0.05) is 26.1 Å². The Hall–Kier alpha value is -3.19. The average Bonchev–Trinajstić information content (AvgIpc) is 3.46. The molecule has 2 aromatic carbocycles. The number of rotatable bonds is 5. The highest BCUT2D eigenvalue weighted by atomic mass is 32.1. The molecular formula is C24H25N5OS. The van der Waals surface area contributed by atoms with Crippen molar-refractivity contribution in [1.82, 2.24) is 19.9 Å². The number of benzene rings is 2. The second-order valence-corrected chi connectivity index (χ2v) is 9.04. The maximum Gasteiger partial charge on any atom is 0.225 e. The van der Waals surface area contributed by atoms with Crippen LogP contribution in [0.15, 0.2) is 60.8 Å². The maximum atomic E-state index is 13.0. The van der Waals surface area contributed by atoms with Gasteiger partial charge in [-0.3, -0.25) is 4.79 Å². The fraction of sp³-hybridized carbons (Fsp3) is 0.292. The number of para-hydroxylation sites is 1. The summed E-state index contributed by atoms with van der Waals surface area (Å²) in [6.45, 7) is 2.22. The molecular weight excluding hydrogens is 406 g/mol. The lowest BCUT2D eigenvalue weighted by atomic mass is 9.95. The third-order valence-corrected chi connectivity index (χ3v) is 6.97. The van der Waals surface area contributed by atoms with Crippen molar-refractivity contribution in [3.63, 3.8) is 0 Å². The van der Waals surface area contributed by atoms with Gasteiger partial charge in [-0.15, -0.1) is 0 Å². The SMILES string of the molecule is CN(Cc1ncc(-c2ccccc2)[nH]1)C(=O)C1CCN(c2nc3ccccc3s2)CC1. The number of anilines is 1. The van der Waals surface area contributed by atoms with E-state index in [4.69, 9.17) is 4.98 Å². The lowest BCUT2D eigenvalue weighted by Crippen LogP contribution is -2.41. The Labute approximate surface area is 185 Å². The van der Waals surface area contributed by atoms with Crippen molar-refractivity contribution in [2.75, 3.05) is 25.0 Å². The van der Waals surface area contributed by atoms with Crippen molar-refractivity contribution in [3.8, 4) is 11.3 Å². The molecule has 4 aromatic rings. The molecule has 1 N–H and O–H groups in total. The van der Waals surface area contributed by atoms with Crippen LogP contribution in [0.4, 0.5) is 5.13 Å². The molecule has 31 heavy (non-hydrogen) atoms. The smallest absolute Gasteiger partial charge is 0.225 e. The number of fused-ring (bicyclic) bond motifs is 1. The highest BCUT2D eigenvalue weighted by Crippen LogP contribution is 2.31. The Bertz CT molecular complexity index is 1140. The quantitative estimate of drug-likeness (QED) is 0.503. The van der Waals surface area contributed by atoms with Crippen LogP contribution in [-0.4, -0.2) is 45.9 Å². The number of thiazole rings is 1. The molecule has 1 aliphatic rings. The Balaban J connectivity index is 1.18. The van der Waals surface area contributed by atoms with Gasteiger partial charge in [0.15, 0.2) is 5.13 Å². The Morgan fingerprint density at radius 3 is 2.65 bits per heavy atom. The van der Waals surface area contributed by atoms with E-state index in [1.807, 2.05) is 55.7 Å². The number of piperidine rings is 1. The largest absolute Gasteiger partial charge is 0.348 e. The van der Waals surface area contributed by atoms with Crippen LogP contribution in [-0.2, 0) is 11.3 Å². The van der Waals surface area contributed by atoms with Crippen molar-refractivity contribution in [1.29, 1.82) is 0 Å². The number of hydrogen-bond donors (Lipinski definition) is 1. The highest BCUT2D eigenvalue weighted by molar-refractivity contribution is 7.22. The van der Waals surface area contributed by atoms with Crippen LogP contribution in [0.1, 0.15) is 18.7 Å². The first-order valence-corrected chi connectivity index (χ1v) is 11.4. The Kier molecular flexibility index (Phi) is 5.42. The summed E-state index contributed by atoms with van der Waals surface area (Å²) in [5.74, 6) is 1.06. The van der Waals surface area contributed by atoms with E-state index in [9.17, 15) is 4.79 Å². The molecule has 0 unspecified atom stereocenters. The van der Waals surface area contributed by atoms with E-state index in [0.29, 0.717) is 6.54 Å². The van der Waals surface area contributed by atoms with E-state index in [1.54, 1.807) is 16.2 Å². The van der Waals surface area contributed by atoms with Crippen LogP contribution < -0.4 is 4.90 Å². The Morgan fingerprint density at radius 2 is 1.87 bits per heavy atom. The van der Waals surface area contributed by atoms with Gasteiger partial charge in [-0.05, 0) is 30.5 Å². The standard InChI is InChI=1S/C24H25N5OS/c1-28(16-22-25-15-20(26-22)17-7-3-2-4-8-17)23(30)18-11-13-29(14-12-18)24-27-19-9-5-6-10-21(19)31-24/h2-10,15,18H,11-14,16H2,1H3,(H,25,26). The van der Waals surface area contributed by atoms with E-state index >= 15 is 0 Å². The molecule has 1 saturated heterocycles. The highest BCUT2D eigenvalue weighted by Gasteiger charge is 2.28. The van der Waals surface area contributed by atoms with Crippen molar-refractivity contribution in [2.45, 2.75) is 19.4 Å². The summed E-state index contributed by atoms with van der Waals surface area (Å²) in [4.78, 5) is 29.7. The second-order valence-electron chi connectivity index (χ2n) is 8.03. The normalized spacial score (nSPS) is 14.8. The zero-order chi connectivity index (χ0) is 21.2. The fourth-order valence-electron chi connectivity index (χ4n) is 4.13. The van der Waals surface area contributed by atoms with Gasteiger partial charge in [0.05, 0.1) is 28.7 Å². The van der Waals surface area contributed by atoms with Crippen molar-refractivity contribution in [2.24, 2.45) is 5.92 Å². The third-order valence-electron chi connectivity index (χ3n) is 5.87. The van der Waals surface area contributed by atoms with Crippen LogP contribution in [0, 0.1) is 5.92 Å². The summed E-state index contributed by atoms with van der Waals surface area (Å²) in [6.07, 6.45) is 3.54. The minimum absolute atomic E-state index is 0.0548. The van der Waals surface area contributed by atoms with E-state index < -0.39 is 0 Å². The maximum absolute atomic E-state index is 13.0. The number of nitrogens with zero attached hydrogens (tertiary/aromatic N) is 4. The summed E-state index contributed by atoms with van der Waals surface area (Å²) < 4.78 is 1.21. The molecule has 2 aromatic heterocycles. The van der Waals surface area contributed by atoms with Gasteiger partial charge in [0.1, 0.15) is 5.82 Å². The first-order valence-electron chi connectivity index (χ1n) is 10.6. The number of carbonyl (C=O) groups is 1. The first kappa shape index (κ1) is 19.8. The first-order chi connectivity index (χ1) is 15.2. The van der Waals surface area contributed by atoms with E-state index in [2.05, 4.69) is 27.0 Å². The zero-order valence-electron chi connectivity index (χ0n) is 17.5. The minimum atomic E-state index is 0.0548. The van der Waals surface area contributed by atoms with Gasteiger partial charge in [-0.1, -0.05) is 53.8 Å². The number of aromatic nitrogens is 3. The molecule has 0 atom stereocenters. The van der Waals surface area contributed by atoms with E-state index in [-0.39, 0.29) is 11.8 Å². The molecule has 0 saturated carbocycles. The van der Waals surface area contributed by atoms with Crippen LogP contribution in [0.3, 0.4) is 0 Å². The van der Waals surface area contributed by atoms with E-state index in [1.165, 1.54) is 4.70 Å². The number of aromatic amines is 1. The Morgan fingerprint density at radius 1 is 1.13 bits per heavy atom. The molecule has 5 rings (SSSR count). The van der Waals surface area contributed by atoms with Crippen LogP contribution in [0.25, 0.3) is 21.5 Å². The summed E-state index contributed by atoms with van der Waals surface area (Å²) in [5, 5.41) is 1.06. The molecule has 0 radical (unpaired) electrons. The molecule has 1 fully saturated rings. The predicted octanol–water partition coefficient (Wildman–Crippen LogP) is 4.56. The number of imidazole rings is 1. The molecule has 6 nitrogen and oxygen atoms in total. The molecule has 7 heteroatoms. The van der Waals surface area contributed by atoms with Gasteiger partial charge in [-0.25, -0.2) is 9.97 Å². The van der Waals surface area contributed by atoms with Crippen molar-refractivity contribution in [3.05, 3.63) is 66.6 Å². The van der Waals surface area contributed by atoms with Gasteiger partial charge in [0.2, 0.25) is 5.91 Å². The predicted molar refractivity (Wildman–Crippen MR) is 125 cm³/mol. The molecule has 1 amide bonds. The van der Waals surface area contributed by atoms with Crippen LogP contribution in [0.5, 0.6) is 0 Å². The van der Waals surface area contributed by atoms with Gasteiger partial charge < -0.3 is 14.8 Å². The number of amides is 1. The van der Waals surface area contributed by atoms with Crippen molar-refractivity contribution < 1.29 is 4.79 Å². The summed E-state index contributed by atoms with van der Waals surface area (Å²) >= 11 is 1.73. The molecule has 158 valence electrons. The monoisotopic (exact) mass is 431 g/mol. The number of carbonyl (C=O) groups excluding carboxylic acids is 1. The molecule has 1 aliphatic heterocycles. The summed E-state index contributed by atoms with van der Waals surface area (Å²) in [6, 6.07) is 18.3. The molecule has 3 heterocycles. The number of nitrogens with one attached hydrogen (secondary N) is 1. The second kappa shape index (κ2) is 8.51. The third kappa shape index (κ3) is 4.18. The average molecular weight is 432 g/mol. The molecule has 0 spiro atoms. The minimum Gasteiger partial charge on any atom is -0.348 e. The number of hydrogen-bond acceptors (Lipinski definition) is 5. The van der Waals surface area contributed by atoms with Gasteiger partial charge in [-0.2, -0.15) is 0 Å². The molecule has 0 aliphatic carbocycles. The lowest BCUT2D eigenvalue weighted by molar-refractivity contribution is -0.135. The summed E-state index contributed by atoms with van der Waals surface area (Å²) in [5.41, 5.74) is 3.12. The lowest BCUT2D eigenvalue weighted by Gasteiger charge is -2.32. The van der Waals surface area contributed by atoms with Gasteiger partial charge in [0.25, 0.3) is 0 Å². The zero-order valence-corrected chi connectivity index (χ0v) is 18.3.